The average Bonchev–Trinajstić information content (AvgIpc) is 2.32. The van der Waals surface area contributed by atoms with Crippen LogP contribution in [0, 0.1) is 5.41 Å². The predicted octanol–water partition coefficient (Wildman–Crippen LogP) is 5.06. The van der Waals surface area contributed by atoms with Crippen LogP contribution in [0.5, 0.6) is 5.75 Å². The summed E-state index contributed by atoms with van der Waals surface area (Å²) in [5.41, 5.74) is 1.21. The Bertz CT molecular complexity index is 421. The van der Waals surface area contributed by atoms with Crippen molar-refractivity contribution >= 4 is 0 Å². The third kappa shape index (κ3) is 7.37. The predicted molar refractivity (Wildman–Crippen MR) is 78.2 cm³/mol. The second-order valence-corrected chi connectivity index (χ2v) is 6.33. The second-order valence-electron chi connectivity index (χ2n) is 6.33. The van der Waals surface area contributed by atoms with Gasteiger partial charge in [0.2, 0.25) is 0 Å². The summed E-state index contributed by atoms with van der Waals surface area (Å²) in [4.78, 5) is 0. The van der Waals surface area contributed by atoms with Crippen LogP contribution in [-0.4, -0.2) is 12.9 Å². The normalized spacial score (nSPS) is 14.0. The van der Waals surface area contributed by atoms with Crippen molar-refractivity contribution in [1.29, 1.82) is 0 Å². The summed E-state index contributed by atoms with van der Waals surface area (Å²) in [6.45, 7) is 9.36. The largest absolute Gasteiger partial charge is 0.573 e. The Morgan fingerprint density at radius 3 is 2.10 bits per heavy atom. The van der Waals surface area contributed by atoms with E-state index < -0.39 is 6.36 Å². The van der Waals surface area contributed by atoms with E-state index in [4.69, 9.17) is 0 Å². The van der Waals surface area contributed by atoms with Crippen LogP contribution in [-0.2, 0) is 0 Å². The molecular weight excluding hydrogens is 279 g/mol. The summed E-state index contributed by atoms with van der Waals surface area (Å²) in [6, 6.07) is 6.26. The van der Waals surface area contributed by atoms with Crippen LogP contribution < -0.4 is 10.1 Å². The van der Waals surface area contributed by atoms with E-state index in [1.165, 1.54) is 12.1 Å². The zero-order valence-corrected chi connectivity index (χ0v) is 13.1. The summed E-state index contributed by atoms with van der Waals surface area (Å²) in [7, 11) is 0. The van der Waals surface area contributed by atoms with Crippen LogP contribution in [0.1, 0.15) is 52.1 Å². The van der Waals surface area contributed by atoms with Crippen molar-refractivity contribution in [1.82, 2.24) is 5.32 Å². The van der Waals surface area contributed by atoms with Gasteiger partial charge < -0.3 is 10.1 Å². The van der Waals surface area contributed by atoms with Crippen LogP contribution in [0.15, 0.2) is 24.3 Å². The number of benzene rings is 1. The molecule has 0 spiro atoms. The lowest BCUT2D eigenvalue weighted by molar-refractivity contribution is -0.274. The summed E-state index contributed by atoms with van der Waals surface area (Å²) >= 11 is 0. The molecule has 0 fully saturated rings. The van der Waals surface area contributed by atoms with Crippen LogP contribution in [0.4, 0.5) is 13.2 Å². The summed E-state index contributed by atoms with van der Waals surface area (Å²) < 4.78 is 40.3. The monoisotopic (exact) mass is 303 g/mol. The van der Waals surface area contributed by atoms with Crippen molar-refractivity contribution in [3.8, 4) is 5.75 Å². The van der Waals surface area contributed by atoms with E-state index in [2.05, 4.69) is 30.8 Å². The van der Waals surface area contributed by atoms with Crippen molar-refractivity contribution in [3.05, 3.63) is 29.8 Å². The van der Waals surface area contributed by atoms with E-state index >= 15 is 0 Å². The van der Waals surface area contributed by atoms with E-state index in [1.54, 1.807) is 12.1 Å². The number of ether oxygens (including phenoxy) is 1. The van der Waals surface area contributed by atoms with Crippen molar-refractivity contribution in [2.45, 2.75) is 52.9 Å². The fourth-order valence-corrected chi connectivity index (χ4v) is 2.11. The van der Waals surface area contributed by atoms with Crippen LogP contribution in [0.25, 0.3) is 0 Å². The zero-order chi connectivity index (χ0) is 16.1. The van der Waals surface area contributed by atoms with Gasteiger partial charge in [-0.15, -0.1) is 13.2 Å². The van der Waals surface area contributed by atoms with Gasteiger partial charge in [-0.05, 0) is 42.5 Å². The minimum absolute atomic E-state index is 0.147. The lowest BCUT2D eigenvalue weighted by Crippen LogP contribution is -2.22. The fraction of sp³-hybridized carbons (Fsp3) is 0.625. The Hall–Kier alpha value is -1.23. The third-order valence-corrected chi connectivity index (χ3v) is 3.15. The van der Waals surface area contributed by atoms with Gasteiger partial charge in [0.05, 0.1) is 0 Å². The second kappa shape index (κ2) is 7.16. The van der Waals surface area contributed by atoms with Gasteiger partial charge in [-0.2, -0.15) is 0 Å². The number of rotatable bonds is 6. The Balaban J connectivity index is 2.75. The Kier molecular flexibility index (Phi) is 6.08. The molecule has 1 rings (SSSR count). The molecule has 0 radical (unpaired) electrons. The SMILES string of the molecule is CCNC(CCC(C)(C)C)c1ccc(OC(F)(F)F)cc1. The molecule has 1 unspecified atom stereocenters. The molecule has 1 aromatic carbocycles. The standard InChI is InChI=1S/C16H24F3NO/c1-5-20-14(10-11-15(2,3)4)12-6-8-13(9-7-12)21-16(17,18)19/h6-9,14,20H,5,10-11H2,1-4H3. The quantitative estimate of drug-likeness (QED) is 0.793. The summed E-state index contributed by atoms with van der Waals surface area (Å²) in [5.74, 6) is -0.183. The number of hydrogen-bond acceptors (Lipinski definition) is 2. The van der Waals surface area contributed by atoms with Gasteiger partial charge in [0, 0.05) is 6.04 Å². The first kappa shape index (κ1) is 17.8. The zero-order valence-electron chi connectivity index (χ0n) is 13.1. The number of nitrogens with one attached hydrogen (secondary N) is 1. The first-order valence-electron chi connectivity index (χ1n) is 7.20. The van der Waals surface area contributed by atoms with E-state index in [0.717, 1.165) is 24.9 Å². The molecule has 1 atom stereocenters. The minimum atomic E-state index is -4.64. The maximum atomic E-state index is 12.1. The topological polar surface area (TPSA) is 21.3 Å². The molecule has 0 bridgehead atoms. The molecule has 0 aliphatic carbocycles. The maximum Gasteiger partial charge on any atom is 0.573 e. The van der Waals surface area contributed by atoms with Gasteiger partial charge in [-0.25, -0.2) is 0 Å². The van der Waals surface area contributed by atoms with Crippen LogP contribution in [0.2, 0.25) is 0 Å². The Morgan fingerprint density at radius 2 is 1.67 bits per heavy atom. The number of hydrogen-bond donors (Lipinski definition) is 1. The first-order chi connectivity index (χ1) is 9.61. The molecule has 0 saturated heterocycles. The molecule has 21 heavy (non-hydrogen) atoms. The third-order valence-electron chi connectivity index (χ3n) is 3.15. The summed E-state index contributed by atoms with van der Waals surface area (Å²) in [6.07, 6.45) is -2.67. The molecule has 0 saturated carbocycles. The van der Waals surface area contributed by atoms with Crippen molar-refractivity contribution in [2.24, 2.45) is 5.41 Å². The van der Waals surface area contributed by atoms with E-state index in [1.807, 2.05) is 6.92 Å². The van der Waals surface area contributed by atoms with Gasteiger partial charge in [-0.1, -0.05) is 39.8 Å². The van der Waals surface area contributed by atoms with Gasteiger partial charge >= 0.3 is 6.36 Å². The molecule has 1 N–H and O–H groups in total. The first-order valence-corrected chi connectivity index (χ1v) is 7.20. The van der Waals surface area contributed by atoms with Crippen molar-refractivity contribution in [3.63, 3.8) is 0 Å². The van der Waals surface area contributed by atoms with Gasteiger partial charge in [0.1, 0.15) is 5.75 Å². The summed E-state index contributed by atoms with van der Waals surface area (Å²) in [5, 5.41) is 3.38. The highest BCUT2D eigenvalue weighted by atomic mass is 19.4. The molecule has 0 aromatic heterocycles. The lowest BCUT2D eigenvalue weighted by Gasteiger charge is -2.24. The van der Waals surface area contributed by atoms with Gasteiger partial charge in [0.25, 0.3) is 0 Å². The van der Waals surface area contributed by atoms with Gasteiger partial charge in [-0.3, -0.25) is 0 Å². The van der Waals surface area contributed by atoms with Crippen LogP contribution in [0.3, 0.4) is 0 Å². The highest BCUT2D eigenvalue weighted by Gasteiger charge is 2.31. The van der Waals surface area contributed by atoms with E-state index in [9.17, 15) is 13.2 Å². The molecule has 0 amide bonds. The maximum absolute atomic E-state index is 12.1. The molecule has 120 valence electrons. The van der Waals surface area contributed by atoms with Crippen LogP contribution >= 0.6 is 0 Å². The molecule has 0 heterocycles. The molecule has 0 aliphatic heterocycles. The molecule has 5 heteroatoms. The van der Waals surface area contributed by atoms with Crippen molar-refractivity contribution < 1.29 is 17.9 Å². The smallest absolute Gasteiger partial charge is 0.406 e. The highest BCUT2D eigenvalue weighted by Crippen LogP contribution is 2.29. The lowest BCUT2D eigenvalue weighted by atomic mass is 9.87. The van der Waals surface area contributed by atoms with E-state index in [-0.39, 0.29) is 17.2 Å². The number of alkyl halides is 3. The molecular formula is C16H24F3NO. The molecule has 1 aromatic rings. The Morgan fingerprint density at radius 1 is 1.10 bits per heavy atom. The highest BCUT2D eigenvalue weighted by molar-refractivity contribution is 5.29. The van der Waals surface area contributed by atoms with Crippen molar-refractivity contribution in [2.75, 3.05) is 6.54 Å². The Labute approximate surface area is 124 Å². The van der Waals surface area contributed by atoms with Gasteiger partial charge in [0.15, 0.2) is 0 Å². The molecule has 0 aliphatic rings. The average molecular weight is 303 g/mol. The number of halogens is 3. The minimum Gasteiger partial charge on any atom is -0.406 e. The van der Waals surface area contributed by atoms with E-state index in [0.29, 0.717) is 0 Å². The fourth-order valence-electron chi connectivity index (χ4n) is 2.11. The molecule has 2 nitrogen and oxygen atoms in total.